The molecule has 0 spiro atoms. The van der Waals surface area contributed by atoms with Crippen molar-refractivity contribution in [1.82, 2.24) is 0 Å². The molecule has 0 nitrogen and oxygen atoms in total. The molecule has 14 aromatic carbocycles. The second-order valence-electron chi connectivity index (χ2n) is 19.2. The zero-order valence-electron chi connectivity index (χ0n) is 39.6. The Balaban J connectivity index is 0.904. The molecular weight excluding hydrogens is 865 g/mol. The Bertz CT molecular complexity index is 4070. The van der Waals surface area contributed by atoms with E-state index in [1.54, 1.807) is 0 Å². The van der Waals surface area contributed by atoms with E-state index in [0.29, 0.717) is 0 Å². The summed E-state index contributed by atoms with van der Waals surface area (Å²) in [5, 5.41) is 15.4. The van der Waals surface area contributed by atoms with Crippen LogP contribution in [0.4, 0.5) is 0 Å². The van der Waals surface area contributed by atoms with Gasteiger partial charge < -0.3 is 0 Å². The molecule has 0 heteroatoms. The van der Waals surface area contributed by atoms with Crippen LogP contribution in [0.3, 0.4) is 0 Å². The Morgan fingerprint density at radius 3 is 0.611 bits per heavy atom. The van der Waals surface area contributed by atoms with E-state index in [4.69, 9.17) is 0 Å². The lowest BCUT2D eigenvalue weighted by Crippen LogP contribution is -1.90. The van der Waals surface area contributed by atoms with Crippen LogP contribution in [0.25, 0.3) is 143 Å². The molecule has 0 aliphatic heterocycles. The molecule has 0 atom stereocenters. The minimum absolute atomic E-state index is 1.17. The van der Waals surface area contributed by atoms with Gasteiger partial charge in [0.25, 0.3) is 0 Å². The van der Waals surface area contributed by atoms with Crippen molar-refractivity contribution in [3.8, 4) is 77.9 Å². The molecule has 0 radical (unpaired) electrons. The number of hydrogen-bond acceptors (Lipinski definition) is 0. The quantitative estimate of drug-likeness (QED) is 0.140. The fourth-order valence-electron chi connectivity index (χ4n) is 11.4. The summed E-state index contributed by atoms with van der Waals surface area (Å²) in [4.78, 5) is 0. The van der Waals surface area contributed by atoms with Crippen LogP contribution in [-0.2, 0) is 0 Å². The first-order valence-corrected chi connectivity index (χ1v) is 25.0. The van der Waals surface area contributed by atoms with Gasteiger partial charge in [-0.2, -0.15) is 0 Å². The van der Waals surface area contributed by atoms with Crippen LogP contribution in [0.1, 0.15) is 0 Å². The van der Waals surface area contributed by atoms with E-state index in [0.717, 1.165) is 0 Å². The maximum atomic E-state index is 2.39. The lowest BCUT2D eigenvalue weighted by molar-refractivity contribution is 1.54. The predicted octanol–water partition coefficient (Wildman–Crippen LogP) is 20.3. The highest BCUT2D eigenvalue weighted by Gasteiger charge is 2.16. The lowest BCUT2D eigenvalue weighted by Gasteiger charge is -2.16. The highest BCUT2D eigenvalue weighted by molar-refractivity contribution is 6.27. The molecule has 0 aliphatic carbocycles. The van der Waals surface area contributed by atoms with Crippen LogP contribution >= 0.6 is 0 Å². The van der Waals surface area contributed by atoms with Gasteiger partial charge in [0, 0.05) is 0 Å². The van der Waals surface area contributed by atoms with Crippen molar-refractivity contribution in [1.29, 1.82) is 0 Å². The van der Waals surface area contributed by atoms with E-state index in [1.165, 1.54) is 143 Å². The molecule has 14 aromatic rings. The summed E-state index contributed by atoms with van der Waals surface area (Å²) < 4.78 is 0. The summed E-state index contributed by atoms with van der Waals surface area (Å²) >= 11 is 0. The second kappa shape index (κ2) is 17.2. The number of hydrogen-bond donors (Lipinski definition) is 0. The molecular formula is C72H46. The molecule has 0 bridgehead atoms. The van der Waals surface area contributed by atoms with Gasteiger partial charge in [-0.15, -0.1) is 0 Å². The smallest absolute Gasteiger partial charge is 0.00928 e. The van der Waals surface area contributed by atoms with Crippen molar-refractivity contribution in [3.63, 3.8) is 0 Å². The predicted molar refractivity (Wildman–Crippen MR) is 310 cm³/mol. The molecule has 0 N–H and O–H groups in total. The summed E-state index contributed by atoms with van der Waals surface area (Å²) in [6.45, 7) is 0. The molecule has 0 saturated carbocycles. The summed E-state index contributed by atoms with van der Waals surface area (Å²) in [5.74, 6) is 0. The standard InChI is InChI=1S/C72H46/c1-3-17-47(18-4-1)55-39-57(51-23-15-21-49(37-51)53-33-35-69-65-29-9-7-25-61(65)63-27-11-13-31-67(63)71(69)45-53)43-59(41-55)60-42-56(48-19-5-2-6-20-48)40-58(44-60)52-24-16-22-50(38-52)54-34-36-70-66-30-10-8-26-62(66)64-28-12-14-32-68(64)72(70)46-54/h1-46H. The van der Waals surface area contributed by atoms with Crippen molar-refractivity contribution in [2.75, 3.05) is 0 Å². The monoisotopic (exact) mass is 910 g/mol. The Morgan fingerprint density at radius 1 is 0.0972 bits per heavy atom. The number of rotatable bonds is 7. The molecule has 0 heterocycles. The van der Waals surface area contributed by atoms with E-state index in [1.807, 2.05) is 0 Å². The summed E-state index contributed by atoms with van der Waals surface area (Å²) in [7, 11) is 0. The van der Waals surface area contributed by atoms with E-state index in [-0.39, 0.29) is 0 Å². The topological polar surface area (TPSA) is 0 Å². The highest BCUT2D eigenvalue weighted by atomic mass is 14.2. The average Bonchev–Trinajstić information content (AvgIpc) is 3.47. The Morgan fingerprint density at radius 2 is 0.292 bits per heavy atom. The fraction of sp³-hybridized carbons (Fsp3) is 0. The molecule has 334 valence electrons. The second-order valence-corrected chi connectivity index (χ2v) is 19.2. The SMILES string of the molecule is c1ccc(-c2cc(-c3cccc(-c4ccc5c6ccccc6c6ccccc6c5c4)c3)cc(-c3cc(-c4ccccc4)cc(-c4cccc(-c5ccc6c7ccccc7c7ccccc7c6c5)c4)c3)c2)cc1. The third-order valence-corrected chi connectivity index (χ3v) is 15.0. The van der Waals surface area contributed by atoms with Gasteiger partial charge in [0.2, 0.25) is 0 Å². The zero-order chi connectivity index (χ0) is 47.5. The molecule has 0 unspecified atom stereocenters. The highest BCUT2D eigenvalue weighted by Crippen LogP contribution is 2.42. The maximum Gasteiger partial charge on any atom is -0.00928 e. The van der Waals surface area contributed by atoms with Crippen molar-refractivity contribution < 1.29 is 0 Å². The number of benzene rings is 14. The van der Waals surface area contributed by atoms with Crippen molar-refractivity contribution in [3.05, 3.63) is 279 Å². The van der Waals surface area contributed by atoms with Crippen LogP contribution in [0.15, 0.2) is 279 Å². The van der Waals surface area contributed by atoms with Gasteiger partial charge in [0.15, 0.2) is 0 Å². The van der Waals surface area contributed by atoms with Crippen molar-refractivity contribution in [2.45, 2.75) is 0 Å². The Labute approximate surface area is 419 Å². The summed E-state index contributed by atoms with van der Waals surface area (Å²) in [5.41, 5.74) is 16.6. The van der Waals surface area contributed by atoms with Gasteiger partial charge in [0.1, 0.15) is 0 Å². The summed E-state index contributed by atoms with van der Waals surface area (Å²) in [6.07, 6.45) is 0. The third kappa shape index (κ3) is 7.24. The first-order chi connectivity index (χ1) is 35.7. The minimum atomic E-state index is 1.17. The van der Waals surface area contributed by atoms with Crippen molar-refractivity contribution >= 4 is 64.6 Å². The zero-order valence-corrected chi connectivity index (χ0v) is 39.6. The van der Waals surface area contributed by atoms with E-state index >= 15 is 0 Å². The Kier molecular flexibility index (Phi) is 9.96. The van der Waals surface area contributed by atoms with Crippen LogP contribution in [-0.4, -0.2) is 0 Å². The largest absolute Gasteiger partial charge is 0.0622 e. The minimum Gasteiger partial charge on any atom is -0.0622 e. The first kappa shape index (κ1) is 41.6. The van der Waals surface area contributed by atoms with Gasteiger partial charge in [0.05, 0.1) is 0 Å². The maximum absolute atomic E-state index is 2.39. The van der Waals surface area contributed by atoms with E-state index in [2.05, 4.69) is 279 Å². The lowest BCUT2D eigenvalue weighted by atomic mass is 9.88. The van der Waals surface area contributed by atoms with Gasteiger partial charge in [-0.3, -0.25) is 0 Å². The van der Waals surface area contributed by atoms with Gasteiger partial charge >= 0.3 is 0 Å². The third-order valence-electron chi connectivity index (χ3n) is 15.0. The molecule has 72 heavy (non-hydrogen) atoms. The first-order valence-electron chi connectivity index (χ1n) is 25.0. The molecule has 0 aliphatic rings. The van der Waals surface area contributed by atoms with Crippen LogP contribution in [0.2, 0.25) is 0 Å². The molecule has 0 amide bonds. The normalized spacial score (nSPS) is 11.6. The fourth-order valence-corrected chi connectivity index (χ4v) is 11.4. The summed E-state index contributed by atoms with van der Waals surface area (Å²) in [6, 6.07) is 103. The Hall–Kier alpha value is -9.36. The van der Waals surface area contributed by atoms with Crippen LogP contribution in [0, 0.1) is 0 Å². The van der Waals surface area contributed by atoms with E-state index in [9.17, 15) is 0 Å². The molecule has 0 saturated heterocycles. The van der Waals surface area contributed by atoms with Gasteiger partial charge in [-0.05, 0) is 203 Å². The molecule has 14 rings (SSSR count). The van der Waals surface area contributed by atoms with Gasteiger partial charge in [-0.25, -0.2) is 0 Å². The molecule has 0 aromatic heterocycles. The van der Waals surface area contributed by atoms with Crippen LogP contribution < -0.4 is 0 Å². The van der Waals surface area contributed by atoms with Crippen molar-refractivity contribution in [2.24, 2.45) is 0 Å². The molecule has 0 fully saturated rings. The number of fused-ring (bicyclic) bond motifs is 12. The van der Waals surface area contributed by atoms with Gasteiger partial charge in [-0.1, -0.05) is 218 Å². The van der Waals surface area contributed by atoms with E-state index < -0.39 is 0 Å². The van der Waals surface area contributed by atoms with Crippen LogP contribution in [0.5, 0.6) is 0 Å². The average molecular weight is 911 g/mol.